The normalized spacial score (nSPS) is 17.3. The second-order valence-corrected chi connectivity index (χ2v) is 8.25. The first-order valence-corrected chi connectivity index (χ1v) is 11.5. The number of carbonyl (C=O) groups excluding carboxylic acids is 1. The molecule has 2 aromatic heterocycles. The molecule has 0 atom stereocenters. The van der Waals surface area contributed by atoms with Crippen molar-refractivity contribution in [3.05, 3.63) is 24.3 Å². The summed E-state index contributed by atoms with van der Waals surface area (Å²) in [6.07, 6.45) is 1.89. The molecule has 2 saturated heterocycles. The van der Waals surface area contributed by atoms with Gasteiger partial charge in [-0.2, -0.15) is 0 Å². The number of morpholine rings is 1. The van der Waals surface area contributed by atoms with Crippen LogP contribution in [0.4, 0.5) is 16.3 Å². The molecule has 2 aliphatic rings. The first kappa shape index (κ1) is 21.5. The highest BCUT2D eigenvalue weighted by atomic mass is 16.5. The topological polar surface area (TPSA) is 122 Å². The number of nitrogens with one attached hydrogen (secondary N) is 3. The summed E-state index contributed by atoms with van der Waals surface area (Å²) in [6, 6.07) is 7.61. The van der Waals surface area contributed by atoms with Gasteiger partial charge in [-0.1, -0.05) is 5.21 Å². The molecule has 174 valence electrons. The van der Waals surface area contributed by atoms with E-state index in [0.29, 0.717) is 36.7 Å². The number of aryl methyl sites for hydroxylation is 1. The third kappa shape index (κ3) is 4.74. The van der Waals surface area contributed by atoms with Gasteiger partial charge in [0.25, 0.3) is 0 Å². The third-order valence-corrected chi connectivity index (χ3v) is 6.03. The number of nitrogens with zero attached hydrogens (tertiary/aromatic N) is 6. The molecule has 0 spiro atoms. The van der Waals surface area contributed by atoms with Crippen LogP contribution in [-0.2, 0) is 11.3 Å². The maximum atomic E-state index is 12.3. The second kappa shape index (κ2) is 9.67. The lowest BCUT2D eigenvalue weighted by Gasteiger charge is -2.28. The predicted molar refractivity (Wildman–Crippen MR) is 125 cm³/mol. The number of hydrogen-bond donors (Lipinski definition) is 3. The summed E-state index contributed by atoms with van der Waals surface area (Å²) < 4.78 is 7.28. The number of piperidine rings is 1. The smallest absolute Gasteiger partial charge is 0.319 e. The minimum Gasteiger partial charge on any atom is -0.378 e. The summed E-state index contributed by atoms with van der Waals surface area (Å²) in [4.78, 5) is 24.1. The van der Waals surface area contributed by atoms with Crippen molar-refractivity contribution in [2.75, 3.05) is 49.6 Å². The van der Waals surface area contributed by atoms with E-state index in [1.165, 1.54) is 0 Å². The average Bonchev–Trinajstić information content (AvgIpc) is 3.28. The van der Waals surface area contributed by atoms with Gasteiger partial charge in [-0.25, -0.2) is 19.4 Å². The molecule has 5 rings (SSSR count). The van der Waals surface area contributed by atoms with Gasteiger partial charge in [0.1, 0.15) is 0 Å². The Labute approximate surface area is 191 Å². The molecule has 2 amide bonds. The number of hydrogen-bond acceptors (Lipinski definition) is 8. The van der Waals surface area contributed by atoms with Gasteiger partial charge in [0, 0.05) is 36.9 Å². The Morgan fingerprint density at radius 1 is 1.15 bits per heavy atom. The highest BCUT2D eigenvalue weighted by Crippen LogP contribution is 2.27. The second-order valence-electron chi connectivity index (χ2n) is 8.25. The third-order valence-electron chi connectivity index (χ3n) is 6.03. The van der Waals surface area contributed by atoms with Crippen LogP contribution in [0.3, 0.4) is 0 Å². The average molecular weight is 452 g/mol. The zero-order chi connectivity index (χ0) is 22.6. The quantitative estimate of drug-likeness (QED) is 0.535. The number of carbonyl (C=O) groups is 1. The van der Waals surface area contributed by atoms with Crippen LogP contribution in [0, 0.1) is 0 Å². The lowest BCUT2D eigenvalue weighted by atomic mass is 10.1. The van der Waals surface area contributed by atoms with Gasteiger partial charge in [0.2, 0.25) is 0 Å². The first-order chi connectivity index (χ1) is 16.2. The van der Waals surface area contributed by atoms with E-state index in [1.54, 1.807) is 4.68 Å². The van der Waals surface area contributed by atoms with E-state index < -0.39 is 0 Å². The Hall–Kier alpha value is -3.31. The Bertz CT molecular complexity index is 1100. The van der Waals surface area contributed by atoms with Crippen LogP contribution in [0.1, 0.15) is 19.8 Å². The van der Waals surface area contributed by atoms with Crippen LogP contribution in [0.25, 0.3) is 22.6 Å². The van der Waals surface area contributed by atoms with Crippen molar-refractivity contribution in [2.24, 2.45) is 0 Å². The zero-order valence-electron chi connectivity index (χ0n) is 18.8. The number of amides is 2. The van der Waals surface area contributed by atoms with Gasteiger partial charge >= 0.3 is 6.03 Å². The van der Waals surface area contributed by atoms with E-state index >= 15 is 0 Å². The van der Waals surface area contributed by atoms with Crippen molar-refractivity contribution >= 4 is 28.7 Å². The van der Waals surface area contributed by atoms with Gasteiger partial charge in [-0.3, -0.25) is 0 Å². The Balaban J connectivity index is 1.37. The van der Waals surface area contributed by atoms with E-state index in [-0.39, 0.29) is 12.1 Å². The van der Waals surface area contributed by atoms with Gasteiger partial charge in [-0.15, -0.1) is 5.10 Å². The number of benzene rings is 1. The van der Waals surface area contributed by atoms with E-state index in [0.717, 1.165) is 56.1 Å². The lowest BCUT2D eigenvalue weighted by Crippen LogP contribution is -2.44. The largest absolute Gasteiger partial charge is 0.378 e. The van der Waals surface area contributed by atoms with E-state index in [9.17, 15) is 4.79 Å². The van der Waals surface area contributed by atoms with Crippen molar-refractivity contribution < 1.29 is 9.53 Å². The summed E-state index contributed by atoms with van der Waals surface area (Å²) >= 11 is 0. The maximum absolute atomic E-state index is 12.3. The molecule has 0 aliphatic carbocycles. The highest BCUT2D eigenvalue weighted by molar-refractivity contribution is 5.90. The Kier molecular flexibility index (Phi) is 6.31. The summed E-state index contributed by atoms with van der Waals surface area (Å²) in [5.74, 6) is 1.38. The number of rotatable bonds is 5. The molecule has 11 nitrogen and oxygen atoms in total. The number of urea groups is 1. The summed E-state index contributed by atoms with van der Waals surface area (Å²) in [5.41, 5.74) is 3.00. The van der Waals surface area contributed by atoms with E-state index in [1.807, 2.05) is 31.2 Å². The number of fused-ring (bicyclic) bond motifs is 1. The molecule has 33 heavy (non-hydrogen) atoms. The van der Waals surface area contributed by atoms with Crippen molar-refractivity contribution in [1.82, 2.24) is 35.6 Å². The minimum absolute atomic E-state index is 0.181. The molecular formula is C22H29N9O2. The van der Waals surface area contributed by atoms with Crippen LogP contribution in [-0.4, -0.2) is 76.4 Å². The summed E-state index contributed by atoms with van der Waals surface area (Å²) in [6.45, 7) is 7.36. The molecule has 4 heterocycles. The fourth-order valence-electron chi connectivity index (χ4n) is 4.20. The van der Waals surface area contributed by atoms with Crippen LogP contribution < -0.4 is 20.9 Å². The summed E-state index contributed by atoms with van der Waals surface area (Å²) in [7, 11) is 0. The maximum Gasteiger partial charge on any atom is 0.319 e. The van der Waals surface area contributed by atoms with Crippen LogP contribution in [0.2, 0.25) is 0 Å². The molecule has 2 aliphatic heterocycles. The Morgan fingerprint density at radius 2 is 1.91 bits per heavy atom. The predicted octanol–water partition coefficient (Wildman–Crippen LogP) is 1.62. The van der Waals surface area contributed by atoms with E-state index in [4.69, 9.17) is 14.7 Å². The lowest BCUT2D eigenvalue weighted by molar-refractivity contribution is 0.122. The van der Waals surface area contributed by atoms with Crippen molar-refractivity contribution in [1.29, 1.82) is 0 Å². The van der Waals surface area contributed by atoms with Crippen molar-refractivity contribution in [3.8, 4) is 11.4 Å². The van der Waals surface area contributed by atoms with Crippen LogP contribution in [0.5, 0.6) is 0 Å². The van der Waals surface area contributed by atoms with Crippen LogP contribution >= 0.6 is 0 Å². The number of ether oxygens (including phenoxy) is 1. The fourth-order valence-corrected chi connectivity index (χ4v) is 4.20. The molecule has 0 bridgehead atoms. The molecule has 3 N–H and O–H groups in total. The fraction of sp³-hybridized carbons (Fsp3) is 0.500. The SMILES string of the molecule is CCn1nnc2c(N3CCOCC3)nc(-c3ccc(NC(=O)NC4CCNCC4)cc3)nc21. The Morgan fingerprint density at radius 3 is 2.64 bits per heavy atom. The van der Waals surface area contributed by atoms with Crippen molar-refractivity contribution in [2.45, 2.75) is 32.4 Å². The highest BCUT2D eigenvalue weighted by Gasteiger charge is 2.22. The standard InChI is InChI=1S/C22H29N9O2/c1-2-31-21-18(28-29-31)20(30-11-13-33-14-12-30)26-19(27-21)15-3-5-16(6-4-15)24-22(32)25-17-7-9-23-10-8-17/h3-6,17,23H,2,7-14H2,1H3,(H2,24,25,32). The van der Waals surface area contributed by atoms with Gasteiger partial charge in [0.05, 0.1) is 13.2 Å². The monoisotopic (exact) mass is 451 g/mol. The van der Waals surface area contributed by atoms with Gasteiger partial charge < -0.3 is 25.6 Å². The van der Waals surface area contributed by atoms with Crippen LogP contribution in [0.15, 0.2) is 24.3 Å². The van der Waals surface area contributed by atoms with E-state index in [2.05, 4.69) is 31.2 Å². The molecule has 0 saturated carbocycles. The zero-order valence-corrected chi connectivity index (χ0v) is 18.8. The molecule has 3 aromatic rings. The molecule has 0 radical (unpaired) electrons. The number of aromatic nitrogens is 5. The molecule has 2 fully saturated rings. The molecule has 0 unspecified atom stereocenters. The molecule has 1 aromatic carbocycles. The summed E-state index contributed by atoms with van der Waals surface area (Å²) in [5, 5.41) is 17.8. The minimum atomic E-state index is -0.181. The number of anilines is 2. The molecule has 11 heteroatoms. The molecular weight excluding hydrogens is 422 g/mol. The first-order valence-electron chi connectivity index (χ1n) is 11.5. The van der Waals surface area contributed by atoms with Gasteiger partial charge in [0.15, 0.2) is 22.8 Å². The van der Waals surface area contributed by atoms with Gasteiger partial charge in [-0.05, 0) is 57.1 Å². The van der Waals surface area contributed by atoms with Crippen molar-refractivity contribution in [3.63, 3.8) is 0 Å².